The molecule has 0 aromatic heterocycles. The number of carbonyl (C=O) groups is 1. The summed E-state index contributed by atoms with van der Waals surface area (Å²) in [6.45, 7) is 0. The Morgan fingerprint density at radius 2 is 1.75 bits per heavy atom. The first-order chi connectivity index (χ1) is 7.68. The number of halogens is 1. The van der Waals surface area contributed by atoms with Gasteiger partial charge in [0.15, 0.2) is 5.78 Å². The second-order valence-electron chi connectivity index (χ2n) is 3.43. The molecule has 2 aromatic carbocycles. The summed E-state index contributed by atoms with van der Waals surface area (Å²) in [5.74, 6) is -0.0280. The molecule has 0 aliphatic rings. The average molecular weight is 276 g/mol. The molecule has 0 spiro atoms. The fourth-order valence-electron chi connectivity index (χ4n) is 1.46. The molecule has 2 rings (SSSR count). The zero-order chi connectivity index (χ0) is 11.5. The van der Waals surface area contributed by atoms with Crippen molar-refractivity contribution >= 4 is 27.4 Å². The highest BCUT2D eigenvalue weighted by Crippen LogP contribution is 2.22. The third-order valence-corrected chi connectivity index (χ3v) is 2.96. The zero-order valence-corrected chi connectivity index (χ0v) is 10.1. The van der Waals surface area contributed by atoms with Crippen molar-refractivity contribution in [3.05, 3.63) is 64.1 Å². The molecule has 16 heavy (non-hydrogen) atoms. The van der Waals surface area contributed by atoms with Gasteiger partial charge in [0, 0.05) is 21.3 Å². The van der Waals surface area contributed by atoms with E-state index in [1.54, 1.807) is 30.3 Å². The van der Waals surface area contributed by atoms with Crippen molar-refractivity contribution in [1.29, 1.82) is 0 Å². The number of ketones is 1. The second kappa shape index (κ2) is 4.49. The summed E-state index contributed by atoms with van der Waals surface area (Å²) in [5, 5.41) is 0. The van der Waals surface area contributed by atoms with Gasteiger partial charge in [-0.1, -0.05) is 46.3 Å². The molecular formula is C13H10BrNO. The summed E-state index contributed by atoms with van der Waals surface area (Å²) in [6.07, 6.45) is 0. The van der Waals surface area contributed by atoms with E-state index in [-0.39, 0.29) is 5.78 Å². The zero-order valence-electron chi connectivity index (χ0n) is 8.48. The second-order valence-corrected chi connectivity index (χ2v) is 4.29. The van der Waals surface area contributed by atoms with Crippen LogP contribution < -0.4 is 5.73 Å². The minimum absolute atomic E-state index is 0.0280. The minimum atomic E-state index is -0.0280. The van der Waals surface area contributed by atoms with Gasteiger partial charge in [-0.25, -0.2) is 0 Å². The number of nitrogen functional groups attached to an aromatic ring is 1. The molecule has 0 atom stereocenters. The van der Waals surface area contributed by atoms with E-state index >= 15 is 0 Å². The Kier molecular flexibility index (Phi) is 3.06. The van der Waals surface area contributed by atoms with Crippen LogP contribution in [0.4, 0.5) is 5.69 Å². The van der Waals surface area contributed by atoms with Crippen LogP contribution in [0.25, 0.3) is 0 Å². The van der Waals surface area contributed by atoms with E-state index in [1.165, 1.54) is 0 Å². The summed E-state index contributed by atoms with van der Waals surface area (Å²) in [4.78, 5) is 12.1. The molecule has 2 N–H and O–H groups in total. The third-order valence-electron chi connectivity index (χ3n) is 2.27. The average Bonchev–Trinajstić information content (AvgIpc) is 2.32. The predicted octanol–water partition coefficient (Wildman–Crippen LogP) is 3.26. The Morgan fingerprint density at radius 1 is 1.06 bits per heavy atom. The maximum Gasteiger partial charge on any atom is 0.194 e. The monoisotopic (exact) mass is 275 g/mol. The van der Waals surface area contributed by atoms with Crippen LogP contribution in [0, 0.1) is 0 Å². The minimum Gasteiger partial charge on any atom is -0.399 e. The van der Waals surface area contributed by atoms with E-state index in [1.807, 2.05) is 18.2 Å². The van der Waals surface area contributed by atoms with Crippen molar-refractivity contribution in [3.8, 4) is 0 Å². The molecule has 0 heterocycles. The van der Waals surface area contributed by atoms with Crippen LogP contribution in [0.2, 0.25) is 0 Å². The maximum absolute atomic E-state index is 12.1. The van der Waals surface area contributed by atoms with E-state index in [9.17, 15) is 4.79 Å². The van der Waals surface area contributed by atoms with Crippen LogP contribution in [-0.4, -0.2) is 5.78 Å². The maximum atomic E-state index is 12.1. The lowest BCUT2D eigenvalue weighted by Crippen LogP contribution is -2.03. The molecule has 80 valence electrons. The van der Waals surface area contributed by atoms with Gasteiger partial charge in [-0.05, 0) is 18.2 Å². The molecule has 2 aromatic rings. The molecule has 0 unspecified atom stereocenters. The van der Waals surface area contributed by atoms with Gasteiger partial charge in [-0.3, -0.25) is 4.79 Å². The van der Waals surface area contributed by atoms with Crippen LogP contribution in [0.15, 0.2) is 53.0 Å². The van der Waals surface area contributed by atoms with Crippen LogP contribution in [0.3, 0.4) is 0 Å². The number of benzene rings is 2. The number of hydrogen-bond acceptors (Lipinski definition) is 2. The molecule has 0 aliphatic heterocycles. The summed E-state index contributed by atoms with van der Waals surface area (Å²) in [6, 6.07) is 14.4. The van der Waals surface area contributed by atoms with E-state index < -0.39 is 0 Å². The first kappa shape index (κ1) is 10.9. The molecule has 0 amide bonds. The normalized spacial score (nSPS) is 10.1. The van der Waals surface area contributed by atoms with Gasteiger partial charge in [-0.15, -0.1) is 0 Å². The van der Waals surface area contributed by atoms with Crippen LogP contribution in [0.1, 0.15) is 15.9 Å². The van der Waals surface area contributed by atoms with E-state index in [4.69, 9.17) is 5.73 Å². The van der Waals surface area contributed by atoms with Gasteiger partial charge in [0.25, 0.3) is 0 Å². The van der Waals surface area contributed by atoms with Crippen LogP contribution in [-0.2, 0) is 0 Å². The van der Waals surface area contributed by atoms with Gasteiger partial charge in [-0.2, -0.15) is 0 Å². The number of carbonyl (C=O) groups excluding carboxylic acids is 1. The van der Waals surface area contributed by atoms with Gasteiger partial charge >= 0.3 is 0 Å². The third kappa shape index (κ3) is 2.14. The number of anilines is 1. The SMILES string of the molecule is Nc1ccc(Br)c(C(=O)c2ccccc2)c1. The Hall–Kier alpha value is -1.61. The number of rotatable bonds is 2. The fourth-order valence-corrected chi connectivity index (χ4v) is 1.89. The topological polar surface area (TPSA) is 43.1 Å². The summed E-state index contributed by atoms with van der Waals surface area (Å²) >= 11 is 3.35. The molecular weight excluding hydrogens is 266 g/mol. The quantitative estimate of drug-likeness (QED) is 0.675. The van der Waals surface area contributed by atoms with Crippen molar-refractivity contribution in [2.24, 2.45) is 0 Å². The highest BCUT2D eigenvalue weighted by Gasteiger charge is 2.12. The van der Waals surface area contributed by atoms with Crippen molar-refractivity contribution < 1.29 is 4.79 Å². The van der Waals surface area contributed by atoms with Crippen LogP contribution in [0.5, 0.6) is 0 Å². The molecule has 0 fully saturated rings. The summed E-state index contributed by atoms with van der Waals surface area (Å²) in [5.41, 5.74) is 7.51. The highest BCUT2D eigenvalue weighted by atomic mass is 79.9. The molecule has 0 aliphatic carbocycles. The van der Waals surface area contributed by atoms with Gasteiger partial charge < -0.3 is 5.73 Å². The van der Waals surface area contributed by atoms with Crippen molar-refractivity contribution in [2.75, 3.05) is 5.73 Å². The Bertz CT molecular complexity index is 523. The van der Waals surface area contributed by atoms with Crippen molar-refractivity contribution in [2.45, 2.75) is 0 Å². The molecule has 0 radical (unpaired) electrons. The predicted molar refractivity (Wildman–Crippen MR) is 68.4 cm³/mol. The van der Waals surface area contributed by atoms with E-state index in [2.05, 4.69) is 15.9 Å². The smallest absolute Gasteiger partial charge is 0.194 e. The summed E-state index contributed by atoms with van der Waals surface area (Å²) < 4.78 is 0.760. The Balaban J connectivity index is 2.46. The number of hydrogen-bond donors (Lipinski definition) is 1. The molecule has 0 saturated carbocycles. The molecule has 0 bridgehead atoms. The lowest BCUT2D eigenvalue weighted by molar-refractivity contribution is 0.103. The highest BCUT2D eigenvalue weighted by molar-refractivity contribution is 9.10. The van der Waals surface area contributed by atoms with Crippen molar-refractivity contribution in [3.63, 3.8) is 0 Å². The van der Waals surface area contributed by atoms with Gasteiger partial charge in [0.05, 0.1) is 0 Å². The van der Waals surface area contributed by atoms with E-state index in [0.29, 0.717) is 16.8 Å². The largest absolute Gasteiger partial charge is 0.399 e. The number of nitrogens with two attached hydrogens (primary N) is 1. The van der Waals surface area contributed by atoms with Crippen molar-refractivity contribution in [1.82, 2.24) is 0 Å². The lowest BCUT2D eigenvalue weighted by atomic mass is 10.0. The van der Waals surface area contributed by atoms with E-state index in [0.717, 1.165) is 4.47 Å². The Labute approximate surface area is 102 Å². The standard InChI is InChI=1S/C13H10BrNO/c14-12-7-6-10(15)8-11(12)13(16)9-4-2-1-3-5-9/h1-8H,15H2. The first-order valence-electron chi connectivity index (χ1n) is 4.83. The molecule has 2 nitrogen and oxygen atoms in total. The summed E-state index contributed by atoms with van der Waals surface area (Å²) in [7, 11) is 0. The van der Waals surface area contributed by atoms with Gasteiger partial charge in [0.1, 0.15) is 0 Å². The lowest BCUT2D eigenvalue weighted by Gasteiger charge is -2.04. The van der Waals surface area contributed by atoms with Crippen LogP contribution >= 0.6 is 15.9 Å². The van der Waals surface area contributed by atoms with Gasteiger partial charge in [0.2, 0.25) is 0 Å². The fraction of sp³-hybridized carbons (Fsp3) is 0. The molecule has 0 saturated heterocycles. The Morgan fingerprint density at radius 3 is 2.44 bits per heavy atom. The first-order valence-corrected chi connectivity index (χ1v) is 5.62. The molecule has 3 heteroatoms.